The Bertz CT molecular complexity index is 1570. The van der Waals surface area contributed by atoms with Crippen molar-refractivity contribution in [2.45, 2.75) is 44.1 Å². The monoisotopic (exact) mass is 546 g/mol. The lowest BCUT2D eigenvalue weighted by Crippen LogP contribution is -2.09. The minimum Gasteiger partial charge on any atom is -0.489 e. The molecule has 1 saturated carbocycles. The average molecular weight is 547 g/mol. The molecule has 3 aromatic carbocycles. The van der Waals surface area contributed by atoms with Gasteiger partial charge in [0, 0.05) is 22.4 Å². The summed E-state index contributed by atoms with van der Waals surface area (Å²) in [7, 11) is 0. The van der Waals surface area contributed by atoms with Gasteiger partial charge in [-0.25, -0.2) is 4.79 Å². The summed E-state index contributed by atoms with van der Waals surface area (Å²) in [4.78, 5) is 11.4. The zero-order valence-corrected chi connectivity index (χ0v) is 22.3. The largest absolute Gasteiger partial charge is 0.489 e. The Hall–Kier alpha value is -3.79. The van der Waals surface area contributed by atoms with Crippen molar-refractivity contribution >= 4 is 29.2 Å². The van der Waals surface area contributed by atoms with Crippen LogP contribution in [0.1, 0.15) is 64.9 Å². The van der Waals surface area contributed by atoms with Crippen molar-refractivity contribution in [3.63, 3.8) is 0 Å². The van der Waals surface area contributed by atoms with Gasteiger partial charge in [-0.1, -0.05) is 78.6 Å². The second kappa shape index (κ2) is 10.2. The maximum Gasteiger partial charge on any atom is 0.335 e. The van der Waals surface area contributed by atoms with Crippen LogP contribution < -0.4 is 4.74 Å². The highest BCUT2D eigenvalue weighted by molar-refractivity contribution is 6.33. The molecule has 38 heavy (non-hydrogen) atoms. The summed E-state index contributed by atoms with van der Waals surface area (Å²) in [6, 6.07) is 21.8. The molecule has 2 unspecified atom stereocenters. The topological polar surface area (TPSA) is 96.4 Å². The molecule has 1 heterocycles. The van der Waals surface area contributed by atoms with Gasteiger partial charge in [-0.15, -0.1) is 0 Å². The fraction of sp³-hybridized carbons (Fsp3) is 0.233. The molecule has 0 aliphatic heterocycles. The van der Waals surface area contributed by atoms with Crippen LogP contribution >= 0.6 is 23.2 Å². The number of aromatic carboxylic acids is 1. The highest BCUT2D eigenvalue weighted by Gasteiger charge is 2.57. The molecule has 0 bridgehead atoms. The standard InChI is InChI=1S/C30H24Cl2N2O4/c1-17(2)28-23(27(34-38-28)22-8-3-4-9-25(22)31)15-37-20-10-11-21(26(32)13-20)24-14-30(24,16-33)19-7-5-6-18(12-19)29(35)36/h3-13,17,24H,14-15H2,1-2H3,(H,35,36). The molecule has 1 fully saturated rings. The number of nitrogens with zero attached hydrogens (tertiary/aromatic N) is 2. The van der Waals surface area contributed by atoms with E-state index in [9.17, 15) is 15.2 Å². The number of rotatable bonds is 8. The fourth-order valence-corrected chi connectivity index (χ4v) is 5.42. The first-order valence-electron chi connectivity index (χ1n) is 12.2. The third-order valence-corrected chi connectivity index (χ3v) is 7.64. The normalized spacial score (nSPS) is 18.3. The molecule has 1 aliphatic carbocycles. The molecule has 0 saturated heterocycles. The summed E-state index contributed by atoms with van der Waals surface area (Å²) < 4.78 is 11.8. The van der Waals surface area contributed by atoms with Crippen LogP contribution in [-0.4, -0.2) is 16.2 Å². The van der Waals surface area contributed by atoms with Crippen LogP contribution in [0.2, 0.25) is 10.0 Å². The minimum absolute atomic E-state index is 0.0944. The number of benzene rings is 3. The minimum atomic E-state index is -1.03. The summed E-state index contributed by atoms with van der Waals surface area (Å²) in [5.74, 6) is 0.217. The highest BCUT2D eigenvalue weighted by atomic mass is 35.5. The van der Waals surface area contributed by atoms with Gasteiger partial charge in [0.2, 0.25) is 0 Å². The molecule has 8 heteroatoms. The molecule has 1 aromatic heterocycles. The number of halogens is 2. The van der Waals surface area contributed by atoms with Crippen LogP contribution in [0, 0.1) is 11.3 Å². The van der Waals surface area contributed by atoms with E-state index in [1.807, 2.05) is 44.2 Å². The quantitative estimate of drug-likeness (QED) is 0.240. The lowest BCUT2D eigenvalue weighted by Gasteiger charge is -2.13. The Morgan fingerprint density at radius 1 is 1.16 bits per heavy atom. The summed E-state index contributed by atoms with van der Waals surface area (Å²) in [5, 5.41) is 24.7. The van der Waals surface area contributed by atoms with Crippen molar-refractivity contribution in [2.24, 2.45) is 0 Å². The van der Waals surface area contributed by atoms with E-state index in [0.29, 0.717) is 33.5 Å². The van der Waals surface area contributed by atoms with Crippen LogP contribution in [0.5, 0.6) is 5.75 Å². The van der Waals surface area contributed by atoms with Crippen molar-refractivity contribution in [3.8, 4) is 23.1 Å². The summed E-state index contributed by atoms with van der Waals surface area (Å²) >= 11 is 13.1. The second-order valence-corrected chi connectivity index (χ2v) is 10.5. The average Bonchev–Trinajstić information content (AvgIpc) is 3.50. The van der Waals surface area contributed by atoms with Gasteiger partial charge in [0.05, 0.1) is 27.6 Å². The Morgan fingerprint density at radius 3 is 2.63 bits per heavy atom. The van der Waals surface area contributed by atoms with Crippen molar-refractivity contribution < 1.29 is 19.2 Å². The third-order valence-electron chi connectivity index (χ3n) is 6.99. The summed E-state index contributed by atoms with van der Waals surface area (Å²) in [6.07, 6.45) is 0.562. The predicted molar refractivity (Wildman–Crippen MR) is 145 cm³/mol. The molecular formula is C30H24Cl2N2O4. The summed E-state index contributed by atoms with van der Waals surface area (Å²) in [5.41, 5.74) is 3.08. The van der Waals surface area contributed by atoms with Gasteiger partial charge < -0.3 is 14.4 Å². The number of carboxylic acids is 1. The maximum atomic E-state index is 11.4. The first-order valence-corrected chi connectivity index (χ1v) is 12.9. The number of hydrogen-bond donors (Lipinski definition) is 1. The zero-order valence-electron chi connectivity index (χ0n) is 20.7. The molecule has 6 nitrogen and oxygen atoms in total. The molecule has 0 spiro atoms. The van der Waals surface area contributed by atoms with E-state index in [4.69, 9.17) is 32.5 Å². The van der Waals surface area contributed by atoms with E-state index in [1.54, 1.807) is 30.3 Å². The Kier molecular flexibility index (Phi) is 6.92. The Morgan fingerprint density at radius 2 is 1.95 bits per heavy atom. The number of carbonyl (C=O) groups is 1. The van der Waals surface area contributed by atoms with Crippen LogP contribution in [0.3, 0.4) is 0 Å². The number of nitriles is 1. The molecular weight excluding hydrogens is 523 g/mol. The maximum absolute atomic E-state index is 11.4. The fourth-order valence-electron chi connectivity index (χ4n) is 4.89. The lowest BCUT2D eigenvalue weighted by atomic mass is 9.91. The Labute approximate surface area is 230 Å². The van der Waals surface area contributed by atoms with E-state index in [0.717, 1.165) is 22.5 Å². The third kappa shape index (κ3) is 4.64. The van der Waals surface area contributed by atoms with E-state index in [1.165, 1.54) is 6.07 Å². The zero-order chi connectivity index (χ0) is 27.0. The van der Waals surface area contributed by atoms with Crippen molar-refractivity contribution in [3.05, 3.63) is 105 Å². The molecule has 192 valence electrons. The number of ether oxygens (including phenoxy) is 1. The van der Waals surface area contributed by atoms with Gasteiger partial charge in [-0.05, 0) is 47.9 Å². The van der Waals surface area contributed by atoms with Crippen LogP contribution in [0.4, 0.5) is 0 Å². The van der Waals surface area contributed by atoms with Crippen molar-refractivity contribution in [2.75, 3.05) is 0 Å². The first kappa shape index (κ1) is 25.8. The van der Waals surface area contributed by atoms with Gasteiger partial charge in [0.1, 0.15) is 23.8 Å². The molecule has 0 amide bonds. The molecule has 5 rings (SSSR count). The van der Waals surface area contributed by atoms with Crippen LogP contribution in [0.15, 0.2) is 71.3 Å². The molecule has 2 atom stereocenters. The molecule has 1 N–H and O–H groups in total. The molecule has 0 radical (unpaired) electrons. The van der Waals surface area contributed by atoms with Gasteiger partial charge in [0.25, 0.3) is 0 Å². The second-order valence-electron chi connectivity index (χ2n) is 9.71. The molecule has 4 aromatic rings. The number of hydrogen-bond acceptors (Lipinski definition) is 5. The van der Waals surface area contributed by atoms with Crippen LogP contribution in [-0.2, 0) is 12.0 Å². The van der Waals surface area contributed by atoms with E-state index in [-0.39, 0.29) is 24.0 Å². The van der Waals surface area contributed by atoms with Gasteiger partial charge >= 0.3 is 5.97 Å². The van der Waals surface area contributed by atoms with Crippen molar-refractivity contribution in [1.29, 1.82) is 5.26 Å². The van der Waals surface area contributed by atoms with Gasteiger partial charge in [-0.3, -0.25) is 0 Å². The number of carboxylic acid groups (broad SMARTS) is 1. The van der Waals surface area contributed by atoms with Crippen molar-refractivity contribution in [1.82, 2.24) is 5.16 Å². The predicted octanol–water partition coefficient (Wildman–Crippen LogP) is 8.00. The molecule has 1 aliphatic rings. The van der Waals surface area contributed by atoms with E-state index < -0.39 is 11.4 Å². The first-order chi connectivity index (χ1) is 18.2. The smallest absolute Gasteiger partial charge is 0.335 e. The number of aromatic nitrogens is 1. The van der Waals surface area contributed by atoms with Gasteiger partial charge in [0.15, 0.2) is 0 Å². The van der Waals surface area contributed by atoms with E-state index >= 15 is 0 Å². The summed E-state index contributed by atoms with van der Waals surface area (Å²) in [6.45, 7) is 4.26. The van der Waals surface area contributed by atoms with Gasteiger partial charge in [-0.2, -0.15) is 5.26 Å². The SMILES string of the molecule is CC(C)c1onc(-c2ccccc2Cl)c1COc1ccc(C2CC2(C#N)c2cccc(C(=O)O)c2)c(Cl)c1. The van der Waals surface area contributed by atoms with Crippen LogP contribution in [0.25, 0.3) is 11.3 Å². The lowest BCUT2D eigenvalue weighted by molar-refractivity contribution is 0.0696. The highest BCUT2D eigenvalue weighted by Crippen LogP contribution is 2.61. The van der Waals surface area contributed by atoms with E-state index in [2.05, 4.69) is 11.2 Å². The Balaban J connectivity index is 1.38.